The van der Waals surface area contributed by atoms with Gasteiger partial charge >= 0.3 is 0 Å². The van der Waals surface area contributed by atoms with E-state index in [1.165, 1.54) is 6.26 Å². The molecule has 0 aliphatic rings. The molecule has 0 saturated carbocycles. The summed E-state index contributed by atoms with van der Waals surface area (Å²) in [5.74, 6) is 0.299. The molecule has 0 fully saturated rings. The number of pyridine rings is 1. The lowest BCUT2D eigenvalue weighted by Crippen LogP contribution is -2.09. The molecule has 0 saturated heterocycles. The van der Waals surface area contributed by atoms with Gasteiger partial charge in [-0.1, -0.05) is 36.9 Å². The lowest BCUT2D eigenvalue weighted by Gasteiger charge is -2.12. The maximum atomic E-state index is 11.7. The Morgan fingerprint density at radius 3 is 2.67 bits per heavy atom. The van der Waals surface area contributed by atoms with Crippen molar-refractivity contribution in [3.8, 4) is 22.4 Å². The molecule has 0 aliphatic heterocycles. The standard InChI is InChI=1S/C28H34N6OS/c1-6-21(17-31-20(2)3)22-9-7-10-23(15-22)27-13-12-26(24-18-32-34(4)19-24)28(33-27)16-25(29)11-8-14-36(5,30)35/h6-7,9-10,12-13,15,17-19,29-30H,2,8,11,14,16H2,1,3-5H3/b21-6+,29-25?,31-17-. The number of allylic oxidation sites excluding steroid dienone is 3. The second-order valence-electron chi connectivity index (χ2n) is 9.00. The van der Waals surface area contributed by atoms with E-state index in [0.29, 0.717) is 30.7 Å². The zero-order chi connectivity index (χ0) is 26.3. The summed E-state index contributed by atoms with van der Waals surface area (Å²) in [5, 5.41) is 12.8. The number of aliphatic imine (C=N–C) groups is 1. The fraction of sp³-hybridized carbons (Fsp3) is 0.286. The minimum atomic E-state index is -2.55. The third-order valence-corrected chi connectivity index (χ3v) is 6.68. The van der Waals surface area contributed by atoms with Crippen LogP contribution < -0.4 is 0 Å². The molecular formula is C28H34N6OS. The van der Waals surface area contributed by atoms with Crippen molar-refractivity contribution in [3.63, 3.8) is 0 Å². The first-order valence-corrected chi connectivity index (χ1v) is 13.9. The van der Waals surface area contributed by atoms with Crippen LogP contribution in [0.5, 0.6) is 0 Å². The monoisotopic (exact) mass is 502 g/mol. The third kappa shape index (κ3) is 7.68. The van der Waals surface area contributed by atoms with Crippen molar-refractivity contribution in [1.29, 1.82) is 10.2 Å². The lowest BCUT2D eigenvalue weighted by atomic mass is 9.98. The van der Waals surface area contributed by atoms with Crippen LogP contribution in [0.2, 0.25) is 0 Å². The Morgan fingerprint density at radius 1 is 1.25 bits per heavy atom. The van der Waals surface area contributed by atoms with E-state index in [9.17, 15) is 4.21 Å². The normalized spacial score (nSPS) is 13.6. The molecular weight excluding hydrogens is 468 g/mol. The van der Waals surface area contributed by atoms with Gasteiger partial charge in [-0.3, -0.25) is 23.6 Å². The quantitative estimate of drug-likeness (QED) is 0.306. The Balaban J connectivity index is 1.96. The number of nitrogens with zero attached hydrogens (tertiary/aromatic N) is 4. The highest BCUT2D eigenvalue weighted by atomic mass is 32.2. The van der Waals surface area contributed by atoms with Crippen molar-refractivity contribution in [1.82, 2.24) is 14.8 Å². The Bertz CT molecular complexity index is 1430. The summed E-state index contributed by atoms with van der Waals surface area (Å²) in [6, 6.07) is 12.2. The molecule has 0 bridgehead atoms. The lowest BCUT2D eigenvalue weighted by molar-refractivity contribution is 0.676. The molecule has 0 amide bonds. The Morgan fingerprint density at radius 2 is 2.03 bits per heavy atom. The molecule has 1 atom stereocenters. The summed E-state index contributed by atoms with van der Waals surface area (Å²) in [4.78, 5) is 9.33. The second-order valence-corrected chi connectivity index (χ2v) is 11.4. The molecule has 8 heteroatoms. The summed E-state index contributed by atoms with van der Waals surface area (Å²) in [5.41, 5.74) is 7.76. The molecule has 3 aromatic rings. The number of benzene rings is 1. The van der Waals surface area contributed by atoms with Crippen molar-refractivity contribution in [2.45, 2.75) is 33.1 Å². The minimum absolute atomic E-state index is 0.299. The molecule has 0 radical (unpaired) electrons. The topological polar surface area (TPSA) is 108 Å². The fourth-order valence-corrected chi connectivity index (χ4v) is 4.52. The number of aryl methyl sites for hydroxylation is 1. The first-order valence-electron chi connectivity index (χ1n) is 11.8. The zero-order valence-electron chi connectivity index (χ0n) is 21.4. The maximum absolute atomic E-state index is 11.7. The van der Waals surface area contributed by atoms with Gasteiger partial charge in [-0.05, 0) is 50.0 Å². The van der Waals surface area contributed by atoms with E-state index in [-0.39, 0.29) is 0 Å². The van der Waals surface area contributed by atoms with Crippen molar-refractivity contribution in [3.05, 3.63) is 78.4 Å². The molecule has 1 unspecified atom stereocenters. The number of rotatable bonds is 11. The van der Waals surface area contributed by atoms with Crippen LogP contribution in [-0.4, -0.2) is 42.9 Å². The zero-order valence-corrected chi connectivity index (χ0v) is 22.2. The average Bonchev–Trinajstić information content (AvgIpc) is 3.24. The molecule has 2 aromatic heterocycles. The van der Waals surface area contributed by atoms with Crippen LogP contribution in [0.25, 0.3) is 28.0 Å². The van der Waals surface area contributed by atoms with Crippen molar-refractivity contribution >= 4 is 27.2 Å². The fourth-order valence-electron chi connectivity index (χ4n) is 3.83. The van der Waals surface area contributed by atoms with E-state index in [4.69, 9.17) is 15.2 Å². The molecule has 1 aromatic carbocycles. The maximum Gasteiger partial charge on any atom is 0.0706 e. The highest BCUT2D eigenvalue weighted by Crippen LogP contribution is 2.28. The summed E-state index contributed by atoms with van der Waals surface area (Å²) < 4.78 is 21.0. The molecule has 2 heterocycles. The van der Waals surface area contributed by atoms with Gasteiger partial charge in [-0.2, -0.15) is 5.10 Å². The SMILES string of the molecule is C=C(C)/N=C\C(=C/C)c1cccc(-c2ccc(-c3cnn(C)c3)c(CC(=N)CCCS(C)(=N)=O)n2)c1. The van der Waals surface area contributed by atoms with Gasteiger partial charge in [0.05, 0.1) is 17.6 Å². The number of nitrogens with one attached hydrogen (secondary N) is 2. The number of hydrogen-bond acceptors (Lipinski definition) is 6. The summed E-state index contributed by atoms with van der Waals surface area (Å²) >= 11 is 0. The van der Waals surface area contributed by atoms with Crippen molar-refractivity contribution in [2.24, 2.45) is 12.0 Å². The second kappa shape index (κ2) is 11.9. The highest BCUT2D eigenvalue weighted by Gasteiger charge is 2.14. The van der Waals surface area contributed by atoms with Crippen LogP contribution in [-0.2, 0) is 23.2 Å². The Kier molecular flexibility index (Phi) is 8.88. The van der Waals surface area contributed by atoms with E-state index in [1.54, 1.807) is 10.9 Å². The van der Waals surface area contributed by atoms with Crippen LogP contribution in [0.15, 0.2) is 72.1 Å². The number of aromatic nitrogens is 3. The van der Waals surface area contributed by atoms with Gasteiger partial charge in [0.2, 0.25) is 0 Å². The average molecular weight is 503 g/mol. The van der Waals surface area contributed by atoms with Crippen LogP contribution >= 0.6 is 0 Å². The molecule has 2 N–H and O–H groups in total. The predicted molar refractivity (Wildman–Crippen MR) is 151 cm³/mol. The van der Waals surface area contributed by atoms with E-state index in [2.05, 4.69) is 22.7 Å². The molecule has 188 valence electrons. The Labute approximate surface area is 214 Å². The van der Waals surface area contributed by atoms with Crippen LogP contribution in [0.3, 0.4) is 0 Å². The first-order chi connectivity index (χ1) is 17.1. The smallest absolute Gasteiger partial charge is 0.0706 e. The van der Waals surface area contributed by atoms with Gasteiger partial charge in [-0.15, -0.1) is 0 Å². The first kappa shape index (κ1) is 26.9. The number of hydrogen-bond donors (Lipinski definition) is 2. The minimum Gasteiger partial charge on any atom is -0.309 e. The van der Waals surface area contributed by atoms with E-state index in [0.717, 1.165) is 44.9 Å². The molecule has 0 aliphatic carbocycles. The van der Waals surface area contributed by atoms with E-state index >= 15 is 0 Å². The molecule has 7 nitrogen and oxygen atoms in total. The van der Waals surface area contributed by atoms with E-state index < -0.39 is 9.73 Å². The van der Waals surface area contributed by atoms with E-state index in [1.807, 2.05) is 69.7 Å². The van der Waals surface area contributed by atoms with Crippen LogP contribution in [0, 0.1) is 10.2 Å². The third-order valence-electron chi connectivity index (χ3n) is 5.61. The van der Waals surface area contributed by atoms with Gasteiger partial charge in [0.25, 0.3) is 0 Å². The summed E-state index contributed by atoms with van der Waals surface area (Å²) in [6.45, 7) is 7.68. The van der Waals surface area contributed by atoms with Gasteiger partial charge in [-0.25, -0.2) is 0 Å². The Hall–Kier alpha value is -3.65. The molecule has 36 heavy (non-hydrogen) atoms. The summed E-state index contributed by atoms with van der Waals surface area (Å²) in [6.07, 6.45) is 10.4. The highest BCUT2D eigenvalue weighted by molar-refractivity contribution is 7.91. The van der Waals surface area contributed by atoms with Gasteiger partial charge in [0, 0.05) is 75.7 Å². The molecule has 0 spiro atoms. The van der Waals surface area contributed by atoms with Crippen molar-refractivity contribution < 1.29 is 4.21 Å². The predicted octanol–water partition coefficient (Wildman–Crippen LogP) is 6.18. The summed E-state index contributed by atoms with van der Waals surface area (Å²) in [7, 11) is -0.676. The van der Waals surface area contributed by atoms with Gasteiger partial charge < -0.3 is 5.41 Å². The van der Waals surface area contributed by atoms with Crippen molar-refractivity contribution in [2.75, 3.05) is 12.0 Å². The largest absolute Gasteiger partial charge is 0.309 e. The molecule has 3 rings (SSSR count). The van der Waals surface area contributed by atoms with Crippen LogP contribution in [0.4, 0.5) is 0 Å². The van der Waals surface area contributed by atoms with Gasteiger partial charge in [0.1, 0.15) is 0 Å². The van der Waals surface area contributed by atoms with Gasteiger partial charge in [0.15, 0.2) is 0 Å². The van der Waals surface area contributed by atoms with Crippen LogP contribution in [0.1, 0.15) is 37.9 Å².